The fraction of sp³-hybridized carbons (Fsp3) is 0.382. The zero-order valence-electron chi connectivity index (χ0n) is 24.3. The molecule has 1 spiro atoms. The third kappa shape index (κ3) is 4.78. The van der Waals surface area contributed by atoms with E-state index in [2.05, 4.69) is 40.7 Å². The Morgan fingerprint density at radius 2 is 1.79 bits per heavy atom. The van der Waals surface area contributed by atoms with Crippen LogP contribution in [-0.4, -0.2) is 49.6 Å². The smallest absolute Gasteiger partial charge is 0.259 e. The highest BCUT2D eigenvalue weighted by Gasteiger charge is 2.45. The molecule has 0 radical (unpaired) electrons. The summed E-state index contributed by atoms with van der Waals surface area (Å²) in [6.07, 6.45) is 6.01. The lowest BCUT2D eigenvalue weighted by Crippen LogP contribution is -2.59. The second kappa shape index (κ2) is 10.6. The molecule has 43 heavy (non-hydrogen) atoms. The summed E-state index contributed by atoms with van der Waals surface area (Å²) in [6, 6.07) is 13.7. The average molecular weight is 611 g/mol. The first-order chi connectivity index (χ1) is 21.0. The predicted molar refractivity (Wildman–Crippen MR) is 173 cm³/mol. The van der Waals surface area contributed by atoms with Crippen molar-refractivity contribution in [2.45, 2.75) is 45.4 Å². The van der Waals surface area contributed by atoms with Gasteiger partial charge in [-0.3, -0.25) is 9.59 Å². The average Bonchev–Trinajstić information content (AvgIpc) is 3.74. The number of fused-ring (bicyclic) bond motifs is 4. The van der Waals surface area contributed by atoms with E-state index in [1.54, 1.807) is 22.7 Å². The van der Waals surface area contributed by atoms with Crippen molar-refractivity contribution in [1.29, 1.82) is 0 Å². The van der Waals surface area contributed by atoms with Gasteiger partial charge in [0.15, 0.2) is 0 Å². The van der Waals surface area contributed by atoms with E-state index in [4.69, 9.17) is 9.72 Å². The molecule has 1 N–H and O–H groups in total. The van der Waals surface area contributed by atoms with Crippen molar-refractivity contribution in [3.63, 3.8) is 0 Å². The largest absolute Gasteiger partial charge is 0.381 e. The number of nitrogens with zero attached hydrogens (tertiary/aromatic N) is 3. The fourth-order valence-electron chi connectivity index (χ4n) is 7.15. The number of pyridine rings is 1. The van der Waals surface area contributed by atoms with Gasteiger partial charge < -0.3 is 19.9 Å². The number of carbonyl (C=O) groups excluding carboxylic acids is 2. The Balaban J connectivity index is 1.00. The van der Waals surface area contributed by atoms with Crippen molar-refractivity contribution in [2.75, 3.05) is 48.0 Å². The highest BCUT2D eigenvalue weighted by atomic mass is 32.1. The number of thiophene rings is 2. The van der Waals surface area contributed by atoms with Crippen LogP contribution in [0.4, 0.5) is 17.2 Å². The quantitative estimate of drug-likeness (QED) is 0.277. The Hall–Kier alpha value is -3.53. The number of rotatable bonds is 4. The van der Waals surface area contributed by atoms with Crippen LogP contribution in [0.15, 0.2) is 47.8 Å². The number of anilines is 3. The lowest BCUT2D eigenvalue weighted by molar-refractivity contribution is -0.000519. The van der Waals surface area contributed by atoms with Gasteiger partial charge in [0, 0.05) is 65.0 Å². The van der Waals surface area contributed by atoms with E-state index >= 15 is 0 Å². The predicted octanol–water partition coefficient (Wildman–Crippen LogP) is 6.74. The van der Waals surface area contributed by atoms with Gasteiger partial charge in [-0.15, -0.1) is 22.7 Å². The molecule has 4 aliphatic rings. The van der Waals surface area contributed by atoms with Crippen LogP contribution in [0.1, 0.15) is 61.7 Å². The minimum Gasteiger partial charge on any atom is -0.381 e. The molecule has 2 saturated heterocycles. The van der Waals surface area contributed by atoms with Gasteiger partial charge in [0.25, 0.3) is 11.8 Å². The first kappa shape index (κ1) is 27.0. The van der Waals surface area contributed by atoms with E-state index in [-0.39, 0.29) is 17.2 Å². The van der Waals surface area contributed by atoms with E-state index in [0.29, 0.717) is 23.4 Å². The minimum absolute atomic E-state index is 0.0191. The molecule has 2 amide bonds. The third-order valence-corrected chi connectivity index (χ3v) is 11.7. The maximum Gasteiger partial charge on any atom is 0.259 e. The second-order valence-corrected chi connectivity index (χ2v) is 14.5. The molecule has 6 heterocycles. The molecule has 2 fully saturated rings. The van der Waals surface area contributed by atoms with Crippen molar-refractivity contribution in [1.82, 2.24) is 4.98 Å². The van der Waals surface area contributed by atoms with E-state index in [1.807, 2.05) is 29.2 Å². The van der Waals surface area contributed by atoms with Crippen LogP contribution < -0.4 is 15.1 Å². The van der Waals surface area contributed by atoms with Gasteiger partial charge in [-0.25, -0.2) is 4.98 Å². The highest BCUT2D eigenvalue weighted by molar-refractivity contribution is 7.22. The van der Waals surface area contributed by atoms with E-state index in [0.717, 1.165) is 82.0 Å². The maximum absolute atomic E-state index is 13.7. The molecule has 4 aromatic rings. The van der Waals surface area contributed by atoms with Crippen molar-refractivity contribution in [3.05, 3.63) is 80.7 Å². The van der Waals surface area contributed by atoms with Crippen molar-refractivity contribution in [2.24, 2.45) is 5.41 Å². The summed E-state index contributed by atoms with van der Waals surface area (Å²) < 4.78 is 5.60. The van der Waals surface area contributed by atoms with Gasteiger partial charge in [-0.1, -0.05) is 0 Å². The maximum atomic E-state index is 13.7. The number of nitrogens with one attached hydrogen (secondary N) is 1. The Morgan fingerprint density at radius 1 is 0.977 bits per heavy atom. The molecule has 7 nitrogen and oxygen atoms in total. The summed E-state index contributed by atoms with van der Waals surface area (Å²) >= 11 is 3.50. The topological polar surface area (TPSA) is 74.8 Å². The first-order valence-electron chi connectivity index (χ1n) is 15.2. The summed E-state index contributed by atoms with van der Waals surface area (Å²) in [5, 5.41) is 5.17. The fourth-order valence-corrected chi connectivity index (χ4v) is 9.30. The van der Waals surface area contributed by atoms with E-state index < -0.39 is 0 Å². The van der Waals surface area contributed by atoms with Crippen LogP contribution in [0, 0.1) is 12.3 Å². The van der Waals surface area contributed by atoms with Gasteiger partial charge in [-0.05, 0) is 104 Å². The lowest BCUT2D eigenvalue weighted by atomic mass is 9.73. The standard InChI is InChI=1S/C34H34N4O3S2/c1-21-17-24-9-13-38(28-10-16-42-30(28)29(24)43-21)33(40)22-5-7-25(8-6-22)35-32(39)26-18-23-3-2-4-27(23)36-31(26)37-19-34(20-37)11-14-41-15-12-34/h5-8,10,16-18H,2-4,9,11-15,19-20H2,1H3,(H,35,39). The van der Waals surface area contributed by atoms with Crippen LogP contribution in [0.2, 0.25) is 0 Å². The highest BCUT2D eigenvalue weighted by Crippen LogP contribution is 2.45. The monoisotopic (exact) mass is 610 g/mol. The molecule has 0 bridgehead atoms. The number of ether oxygens (including phenoxy) is 1. The van der Waals surface area contributed by atoms with Crippen molar-refractivity contribution >= 4 is 51.7 Å². The molecule has 0 atom stereocenters. The van der Waals surface area contributed by atoms with Crippen molar-refractivity contribution < 1.29 is 14.3 Å². The molecule has 3 aliphatic heterocycles. The molecule has 0 saturated carbocycles. The molecule has 3 aromatic heterocycles. The number of aromatic nitrogens is 1. The molecule has 0 unspecified atom stereocenters. The molecule has 220 valence electrons. The second-order valence-electron chi connectivity index (χ2n) is 12.4. The van der Waals surface area contributed by atoms with Crippen LogP contribution in [0.25, 0.3) is 9.75 Å². The molecule has 9 heteroatoms. The molecule has 8 rings (SSSR count). The molecule has 1 aromatic carbocycles. The summed E-state index contributed by atoms with van der Waals surface area (Å²) in [7, 11) is 0. The Morgan fingerprint density at radius 3 is 2.60 bits per heavy atom. The summed E-state index contributed by atoms with van der Waals surface area (Å²) in [5.74, 6) is 0.633. The zero-order valence-corrected chi connectivity index (χ0v) is 25.9. The number of aryl methyl sites for hydroxylation is 3. The van der Waals surface area contributed by atoms with Crippen LogP contribution >= 0.6 is 22.7 Å². The summed E-state index contributed by atoms with van der Waals surface area (Å²) in [5.41, 5.74) is 6.83. The molecule has 1 aliphatic carbocycles. The first-order valence-corrected chi connectivity index (χ1v) is 16.9. The van der Waals surface area contributed by atoms with Gasteiger partial charge in [0.05, 0.1) is 16.1 Å². The number of hydrogen-bond donors (Lipinski definition) is 1. The van der Waals surface area contributed by atoms with Gasteiger partial charge >= 0.3 is 0 Å². The van der Waals surface area contributed by atoms with Crippen LogP contribution in [0.3, 0.4) is 0 Å². The minimum atomic E-state index is -0.152. The number of carbonyl (C=O) groups is 2. The Labute approximate surface area is 259 Å². The Kier molecular flexibility index (Phi) is 6.65. The molecular formula is C34H34N4O3S2. The Bertz CT molecular complexity index is 1730. The summed E-state index contributed by atoms with van der Waals surface area (Å²) in [6.45, 7) is 6.27. The zero-order chi connectivity index (χ0) is 29.1. The number of hydrogen-bond acceptors (Lipinski definition) is 7. The van der Waals surface area contributed by atoms with Gasteiger partial charge in [0.1, 0.15) is 5.82 Å². The van der Waals surface area contributed by atoms with Crippen LogP contribution in [-0.2, 0) is 24.0 Å². The van der Waals surface area contributed by atoms with E-state index in [9.17, 15) is 9.59 Å². The lowest BCUT2D eigenvalue weighted by Gasteiger charge is -2.53. The van der Waals surface area contributed by atoms with E-state index in [1.165, 1.54) is 25.8 Å². The van der Waals surface area contributed by atoms with Gasteiger partial charge in [-0.2, -0.15) is 0 Å². The summed E-state index contributed by atoms with van der Waals surface area (Å²) in [4.78, 5) is 40.4. The van der Waals surface area contributed by atoms with Crippen molar-refractivity contribution in [3.8, 4) is 9.75 Å². The number of benzene rings is 1. The SMILES string of the molecule is Cc1cc2c(s1)-c1sccc1N(C(=O)c1ccc(NC(=O)c3cc4c(nc3N3CC5(CCOCC5)C3)CCC4)cc1)CC2. The third-order valence-electron chi connectivity index (χ3n) is 9.49. The number of amides is 2. The van der Waals surface area contributed by atoms with Gasteiger partial charge in [0.2, 0.25) is 0 Å². The van der Waals surface area contributed by atoms with Crippen LogP contribution in [0.5, 0.6) is 0 Å². The molecular weight excluding hydrogens is 577 g/mol. The normalized spacial score (nSPS) is 18.4.